The second-order valence-electron chi connectivity index (χ2n) is 3.15. The van der Waals surface area contributed by atoms with Crippen LogP contribution in [0.15, 0.2) is 18.2 Å². The van der Waals surface area contributed by atoms with Gasteiger partial charge in [-0.15, -0.1) is 0 Å². The number of ether oxygens (including phenoxy) is 2. The molecule has 0 saturated carbocycles. The molecule has 0 radical (unpaired) electrons. The summed E-state index contributed by atoms with van der Waals surface area (Å²) in [6, 6.07) is 5.42. The van der Waals surface area contributed by atoms with E-state index in [1.165, 1.54) is 7.11 Å². The van der Waals surface area contributed by atoms with Gasteiger partial charge in [0.2, 0.25) is 0 Å². The Labute approximate surface area is 108 Å². The molecule has 0 aliphatic rings. The van der Waals surface area contributed by atoms with Crippen molar-refractivity contribution in [1.82, 2.24) is 0 Å². The van der Waals surface area contributed by atoms with E-state index in [2.05, 4.69) is 20.7 Å². The summed E-state index contributed by atoms with van der Waals surface area (Å²) in [6.07, 6.45) is -0.673. The van der Waals surface area contributed by atoms with Crippen molar-refractivity contribution >= 4 is 33.5 Å². The highest BCUT2D eigenvalue weighted by molar-refractivity contribution is 9.08. The smallest absolute Gasteiger partial charge is 0.346 e. The highest BCUT2D eigenvalue weighted by Crippen LogP contribution is 2.30. The Balaban J connectivity index is 2.85. The Kier molecular flexibility index (Phi) is 5.09. The van der Waals surface area contributed by atoms with Crippen LogP contribution in [-0.4, -0.2) is 19.2 Å². The normalized spacial score (nSPS) is 12.0. The Morgan fingerprint density at radius 3 is 2.81 bits per heavy atom. The lowest BCUT2D eigenvalue weighted by Crippen LogP contribution is -2.25. The third-order valence-electron chi connectivity index (χ3n) is 2.02. The largest absolute Gasteiger partial charge is 0.477 e. The van der Waals surface area contributed by atoms with Crippen LogP contribution < -0.4 is 4.74 Å². The van der Waals surface area contributed by atoms with E-state index >= 15 is 0 Å². The molecule has 0 heterocycles. The average Bonchev–Trinajstić information content (AvgIpc) is 2.30. The van der Waals surface area contributed by atoms with Crippen LogP contribution >= 0.6 is 27.5 Å². The molecule has 0 fully saturated rings. The van der Waals surface area contributed by atoms with Gasteiger partial charge in [0.1, 0.15) is 5.75 Å². The Hall–Kier alpha value is -0.740. The SMILES string of the molecule is COC(=O)C(C)Oc1cccc(CBr)c1Cl. The third kappa shape index (κ3) is 3.12. The minimum Gasteiger partial charge on any atom is -0.477 e. The fraction of sp³-hybridized carbons (Fsp3) is 0.364. The van der Waals surface area contributed by atoms with Gasteiger partial charge in [-0.3, -0.25) is 0 Å². The Morgan fingerprint density at radius 2 is 2.25 bits per heavy atom. The number of esters is 1. The van der Waals surface area contributed by atoms with Gasteiger partial charge in [-0.05, 0) is 18.6 Å². The van der Waals surface area contributed by atoms with Crippen LogP contribution in [-0.2, 0) is 14.9 Å². The number of hydrogen-bond donors (Lipinski definition) is 0. The maximum atomic E-state index is 11.2. The van der Waals surface area contributed by atoms with E-state index in [9.17, 15) is 4.79 Å². The predicted octanol–water partition coefficient (Wildman–Crippen LogP) is 3.18. The molecular formula is C11H12BrClO3. The van der Waals surface area contributed by atoms with Gasteiger partial charge in [0.15, 0.2) is 6.10 Å². The van der Waals surface area contributed by atoms with Crippen molar-refractivity contribution in [2.75, 3.05) is 7.11 Å². The Bertz CT molecular complexity index is 381. The zero-order valence-electron chi connectivity index (χ0n) is 9.00. The summed E-state index contributed by atoms with van der Waals surface area (Å²) in [6.45, 7) is 1.61. The number of methoxy groups -OCH3 is 1. The van der Waals surface area contributed by atoms with Crippen molar-refractivity contribution in [2.24, 2.45) is 0 Å². The van der Waals surface area contributed by atoms with Crippen LogP contribution in [0.25, 0.3) is 0 Å². The molecule has 0 spiro atoms. The molecule has 0 saturated heterocycles. The number of alkyl halides is 1. The van der Waals surface area contributed by atoms with Gasteiger partial charge in [0, 0.05) is 5.33 Å². The van der Waals surface area contributed by atoms with Gasteiger partial charge in [-0.25, -0.2) is 4.79 Å². The van der Waals surface area contributed by atoms with E-state index in [0.717, 1.165) is 5.56 Å². The molecular weight excluding hydrogens is 295 g/mol. The monoisotopic (exact) mass is 306 g/mol. The summed E-state index contributed by atoms with van der Waals surface area (Å²) in [4.78, 5) is 11.2. The maximum absolute atomic E-state index is 11.2. The predicted molar refractivity (Wildman–Crippen MR) is 66.2 cm³/mol. The molecule has 3 nitrogen and oxygen atoms in total. The number of carbonyl (C=O) groups excluding carboxylic acids is 1. The van der Waals surface area contributed by atoms with Gasteiger partial charge < -0.3 is 9.47 Å². The highest BCUT2D eigenvalue weighted by atomic mass is 79.9. The summed E-state index contributed by atoms with van der Waals surface area (Å²) in [5.41, 5.74) is 0.913. The van der Waals surface area contributed by atoms with Gasteiger partial charge >= 0.3 is 5.97 Å². The first kappa shape index (κ1) is 13.3. The van der Waals surface area contributed by atoms with Crippen LogP contribution in [0.4, 0.5) is 0 Å². The van der Waals surface area contributed by atoms with Crippen LogP contribution in [0.2, 0.25) is 5.02 Å². The molecule has 1 atom stereocenters. The number of hydrogen-bond acceptors (Lipinski definition) is 3. The first-order valence-corrected chi connectivity index (χ1v) is 6.18. The van der Waals surface area contributed by atoms with E-state index in [1.54, 1.807) is 13.0 Å². The quantitative estimate of drug-likeness (QED) is 0.633. The first-order valence-electron chi connectivity index (χ1n) is 4.68. The van der Waals surface area contributed by atoms with Crippen LogP contribution in [0.1, 0.15) is 12.5 Å². The highest BCUT2D eigenvalue weighted by Gasteiger charge is 2.17. The molecule has 1 aromatic rings. The summed E-state index contributed by atoms with van der Waals surface area (Å²) in [5.74, 6) is 0.0526. The molecule has 0 aliphatic carbocycles. The molecule has 5 heteroatoms. The van der Waals surface area contributed by atoms with Gasteiger partial charge in [0.05, 0.1) is 12.1 Å². The summed E-state index contributed by atoms with van der Waals surface area (Å²) >= 11 is 9.41. The molecule has 0 N–H and O–H groups in total. The van der Waals surface area contributed by atoms with E-state index in [0.29, 0.717) is 16.1 Å². The number of benzene rings is 1. The van der Waals surface area contributed by atoms with Crippen LogP contribution in [0.5, 0.6) is 5.75 Å². The second-order valence-corrected chi connectivity index (χ2v) is 4.08. The lowest BCUT2D eigenvalue weighted by molar-refractivity contribution is -0.147. The van der Waals surface area contributed by atoms with E-state index in [-0.39, 0.29) is 0 Å². The molecule has 1 unspecified atom stereocenters. The lowest BCUT2D eigenvalue weighted by atomic mass is 10.2. The van der Waals surface area contributed by atoms with E-state index in [4.69, 9.17) is 16.3 Å². The first-order chi connectivity index (χ1) is 7.60. The molecule has 0 bridgehead atoms. The van der Waals surface area contributed by atoms with Crippen molar-refractivity contribution < 1.29 is 14.3 Å². The van der Waals surface area contributed by atoms with Crippen molar-refractivity contribution in [3.8, 4) is 5.75 Å². The zero-order chi connectivity index (χ0) is 12.1. The van der Waals surface area contributed by atoms with Crippen molar-refractivity contribution in [3.05, 3.63) is 28.8 Å². The fourth-order valence-electron chi connectivity index (χ4n) is 1.15. The average molecular weight is 308 g/mol. The number of rotatable bonds is 4. The molecule has 0 aliphatic heterocycles. The summed E-state index contributed by atoms with van der Waals surface area (Å²) in [5, 5.41) is 1.14. The summed E-state index contributed by atoms with van der Waals surface area (Å²) < 4.78 is 9.98. The number of halogens is 2. The topological polar surface area (TPSA) is 35.5 Å². The Morgan fingerprint density at radius 1 is 1.56 bits per heavy atom. The third-order valence-corrected chi connectivity index (χ3v) is 3.06. The maximum Gasteiger partial charge on any atom is 0.346 e. The molecule has 16 heavy (non-hydrogen) atoms. The minimum atomic E-state index is -0.673. The van der Waals surface area contributed by atoms with E-state index < -0.39 is 12.1 Å². The fourth-order valence-corrected chi connectivity index (χ4v) is 2.02. The molecule has 0 amide bonds. The number of carbonyl (C=O) groups is 1. The van der Waals surface area contributed by atoms with Crippen molar-refractivity contribution in [2.45, 2.75) is 18.4 Å². The van der Waals surface area contributed by atoms with Crippen LogP contribution in [0, 0.1) is 0 Å². The van der Waals surface area contributed by atoms with Crippen LogP contribution in [0.3, 0.4) is 0 Å². The second kappa shape index (κ2) is 6.11. The van der Waals surface area contributed by atoms with Crippen molar-refractivity contribution in [3.63, 3.8) is 0 Å². The standard InChI is InChI=1S/C11H12BrClO3/c1-7(11(14)15-2)16-9-5-3-4-8(6-12)10(9)13/h3-5,7H,6H2,1-2H3. The molecule has 1 rings (SSSR count). The van der Waals surface area contributed by atoms with E-state index in [1.807, 2.05) is 12.1 Å². The lowest BCUT2D eigenvalue weighted by Gasteiger charge is -2.14. The summed E-state index contributed by atoms with van der Waals surface area (Å²) in [7, 11) is 1.32. The zero-order valence-corrected chi connectivity index (χ0v) is 11.3. The van der Waals surface area contributed by atoms with Gasteiger partial charge in [-0.1, -0.05) is 39.7 Å². The van der Waals surface area contributed by atoms with Gasteiger partial charge in [0.25, 0.3) is 0 Å². The molecule has 1 aromatic carbocycles. The molecule has 0 aromatic heterocycles. The minimum absolute atomic E-state index is 0.430. The van der Waals surface area contributed by atoms with Crippen molar-refractivity contribution in [1.29, 1.82) is 0 Å². The molecule has 88 valence electrons. The van der Waals surface area contributed by atoms with Gasteiger partial charge in [-0.2, -0.15) is 0 Å².